The molecule has 0 aliphatic carbocycles. The summed E-state index contributed by atoms with van der Waals surface area (Å²) in [7, 11) is 0. The van der Waals surface area contributed by atoms with Gasteiger partial charge in [-0.3, -0.25) is 9.59 Å². The van der Waals surface area contributed by atoms with Crippen molar-refractivity contribution in [3.05, 3.63) is 12.2 Å². The Kier molecular flexibility index (Phi) is 4.18. The van der Waals surface area contributed by atoms with Crippen LogP contribution < -0.4 is 0 Å². The number of hydrogen-bond acceptors (Lipinski definition) is 3. The number of hydrogen-bond donors (Lipinski definition) is 0. The van der Waals surface area contributed by atoms with E-state index in [1.165, 1.54) is 6.92 Å². The highest BCUT2D eigenvalue weighted by molar-refractivity contribution is 5.73. The highest BCUT2D eigenvalue weighted by Crippen LogP contribution is 2.05. The summed E-state index contributed by atoms with van der Waals surface area (Å²) in [5.74, 6) is -0.424. The summed E-state index contributed by atoms with van der Waals surface area (Å²) in [6.07, 6.45) is 0.675. The van der Waals surface area contributed by atoms with E-state index in [1.54, 1.807) is 6.92 Å². The van der Waals surface area contributed by atoms with Crippen molar-refractivity contribution in [2.24, 2.45) is 5.92 Å². The standard InChI is InChI=1S/C8H12O3/c1-6(4-9)7(2)5-11-8(3)10/h4,7H,1,5H2,2-3H3. The van der Waals surface area contributed by atoms with Crippen LogP contribution in [0.15, 0.2) is 12.2 Å². The topological polar surface area (TPSA) is 43.4 Å². The van der Waals surface area contributed by atoms with Crippen LogP contribution in [0.1, 0.15) is 13.8 Å². The number of carbonyl (C=O) groups is 2. The Hall–Kier alpha value is -1.12. The summed E-state index contributed by atoms with van der Waals surface area (Å²) in [5, 5.41) is 0. The summed E-state index contributed by atoms with van der Waals surface area (Å²) in [4.78, 5) is 20.5. The van der Waals surface area contributed by atoms with Gasteiger partial charge in [0.05, 0.1) is 6.61 Å². The minimum absolute atomic E-state index is 0.0867. The van der Waals surface area contributed by atoms with E-state index in [9.17, 15) is 9.59 Å². The lowest BCUT2D eigenvalue weighted by Crippen LogP contribution is -2.11. The molecular formula is C8H12O3. The molecule has 0 aliphatic heterocycles. The molecule has 0 fully saturated rings. The molecule has 0 spiro atoms. The van der Waals surface area contributed by atoms with E-state index in [0.717, 1.165) is 0 Å². The van der Waals surface area contributed by atoms with Crippen molar-refractivity contribution in [3.63, 3.8) is 0 Å². The third-order valence-corrected chi connectivity index (χ3v) is 1.32. The zero-order valence-electron chi connectivity index (χ0n) is 6.79. The Bertz CT molecular complexity index is 172. The molecule has 1 unspecified atom stereocenters. The van der Waals surface area contributed by atoms with E-state index in [2.05, 4.69) is 11.3 Å². The Morgan fingerprint density at radius 1 is 1.73 bits per heavy atom. The van der Waals surface area contributed by atoms with Crippen LogP contribution in [0.4, 0.5) is 0 Å². The summed E-state index contributed by atoms with van der Waals surface area (Å²) < 4.78 is 4.67. The normalized spacial score (nSPS) is 11.8. The maximum Gasteiger partial charge on any atom is 0.302 e. The minimum Gasteiger partial charge on any atom is -0.465 e. The Morgan fingerprint density at radius 3 is 2.64 bits per heavy atom. The molecule has 3 heteroatoms. The lowest BCUT2D eigenvalue weighted by Gasteiger charge is -2.08. The molecule has 0 rings (SSSR count). The molecule has 62 valence electrons. The van der Waals surface area contributed by atoms with E-state index >= 15 is 0 Å². The molecule has 0 saturated heterocycles. The number of esters is 1. The van der Waals surface area contributed by atoms with Crippen LogP contribution in [-0.2, 0) is 14.3 Å². The van der Waals surface area contributed by atoms with Gasteiger partial charge in [0.2, 0.25) is 0 Å². The maximum atomic E-state index is 10.3. The molecule has 0 aromatic carbocycles. The zero-order chi connectivity index (χ0) is 8.85. The van der Waals surface area contributed by atoms with Crippen molar-refractivity contribution in [1.82, 2.24) is 0 Å². The SMILES string of the molecule is C=C(C=O)C(C)COC(C)=O. The van der Waals surface area contributed by atoms with Crippen molar-refractivity contribution < 1.29 is 14.3 Å². The van der Waals surface area contributed by atoms with Crippen LogP contribution in [0, 0.1) is 5.92 Å². The number of carbonyl (C=O) groups excluding carboxylic acids is 2. The van der Waals surface area contributed by atoms with Crippen molar-refractivity contribution >= 4 is 12.3 Å². The first-order chi connectivity index (χ1) is 5.07. The lowest BCUT2D eigenvalue weighted by molar-refractivity contribution is -0.141. The van der Waals surface area contributed by atoms with Gasteiger partial charge in [-0.05, 0) is 5.57 Å². The molecule has 3 nitrogen and oxygen atoms in total. The smallest absolute Gasteiger partial charge is 0.302 e. The average molecular weight is 156 g/mol. The first-order valence-electron chi connectivity index (χ1n) is 3.35. The Balaban J connectivity index is 3.68. The maximum absolute atomic E-state index is 10.3. The molecule has 1 atom stereocenters. The molecule has 0 radical (unpaired) electrons. The first-order valence-corrected chi connectivity index (χ1v) is 3.35. The van der Waals surface area contributed by atoms with E-state index in [0.29, 0.717) is 11.9 Å². The fourth-order valence-corrected chi connectivity index (χ4v) is 0.466. The van der Waals surface area contributed by atoms with Crippen molar-refractivity contribution in [2.75, 3.05) is 6.61 Å². The number of ether oxygens (including phenoxy) is 1. The Morgan fingerprint density at radius 2 is 2.27 bits per heavy atom. The summed E-state index contributed by atoms with van der Waals surface area (Å²) >= 11 is 0. The Labute approximate surface area is 66.0 Å². The van der Waals surface area contributed by atoms with Gasteiger partial charge < -0.3 is 4.74 Å². The highest BCUT2D eigenvalue weighted by Gasteiger charge is 2.06. The van der Waals surface area contributed by atoms with Crippen LogP contribution in [0.3, 0.4) is 0 Å². The molecule has 11 heavy (non-hydrogen) atoms. The van der Waals surface area contributed by atoms with Gasteiger partial charge in [-0.15, -0.1) is 0 Å². The summed E-state index contributed by atoms with van der Waals surface area (Å²) in [6.45, 7) is 6.83. The third-order valence-electron chi connectivity index (χ3n) is 1.32. The van der Waals surface area contributed by atoms with Crippen LogP contribution in [0.5, 0.6) is 0 Å². The van der Waals surface area contributed by atoms with E-state index < -0.39 is 0 Å². The van der Waals surface area contributed by atoms with Gasteiger partial charge >= 0.3 is 5.97 Å². The van der Waals surface area contributed by atoms with E-state index in [-0.39, 0.29) is 18.5 Å². The largest absolute Gasteiger partial charge is 0.465 e. The predicted molar refractivity (Wildman–Crippen MR) is 41.0 cm³/mol. The molecule has 0 aromatic rings. The molecular weight excluding hydrogens is 144 g/mol. The van der Waals surface area contributed by atoms with Gasteiger partial charge in [-0.25, -0.2) is 0 Å². The minimum atomic E-state index is -0.337. The zero-order valence-corrected chi connectivity index (χ0v) is 6.79. The van der Waals surface area contributed by atoms with Crippen molar-refractivity contribution in [3.8, 4) is 0 Å². The van der Waals surface area contributed by atoms with Crippen molar-refractivity contribution in [1.29, 1.82) is 0 Å². The lowest BCUT2D eigenvalue weighted by atomic mass is 10.1. The second kappa shape index (κ2) is 4.66. The second-order valence-corrected chi connectivity index (χ2v) is 2.40. The number of rotatable bonds is 4. The quantitative estimate of drug-likeness (QED) is 0.345. The van der Waals surface area contributed by atoms with Gasteiger partial charge in [-0.1, -0.05) is 13.5 Å². The van der Waals surface area contributed by atoms with E-state index in [1.807, 2.05) is 0 Å². The molecule has 0 saturated carbocycles. The molecule has 0 heterocycles. The summed E-state index contributed by atoms with van der Waals surface area (Å²) in [5.41, 5.74) is 0.450. The molecule has 0 bridgehead atoms. The van der Waals surface area contributed by atoms with Gasteiger partial charge in [0, 0.05) is 12.8 Å². The fraction of sp³-hybridized carbons (Fsp3) is 0.500. The molecule has 0 aliphatic rings. The van der Waals surface area contributed by atoms with Gasteiger partial charge in [0.15, 0.2) is 0 Å². The van der Waals surface area contributed by atoms with Crippen LogP contribution in [0.25, 0.3) is 0 Å². The average Bonchev–Trinajstić information content (AvgIpc) is 1.98. The second-order valence-electron chi connectivity index (χ2n) is 2.40. The molecule has 0 amide bonds. The van der Waals surface area contributed by atoms with Gasteiger partial charge in [0.25, 0.3) is 0 Å². The van der Waals surface area contributed by atoms with E-state index in [4.69, 9.17) is 0 Å². The fourth-order valence-electron chi connectivity index (χ4n) is 0.466. The summed E-state index contributed by atoms with van der Waals surface area (Å²) in [6, 6.07) is 0. The number of aldehydes is 1. The third kappa shape index (κ3) is 4.31. The van der Waals surface area contributed by atoms with Gasteiger partial charge in [0.1, 0.15) is 6.29 Å². The monoisotopic (exact) mass is 156 g/mol. The highest BCUT2D eigenvalue weighted by atomic mass is 16.5. The predicted octanol–water partition coefficient (Wildman–Crippen LogP) is 0.941. The molecule has 0 N–H and O–H groups in total. The van der Waals surface area contributed by atoms with Crippen LogP contribution >= 0.6 is 0 Å². The molecule has 0 aromatic heterocycles. The van der Waals surface area contributed by atoms with Gasteiger partial charge in [-0.2, -0.15) is 0 Å². The van der Waals surface area contributed by atoms with Crippen molar-refractivity contribution in [2.45, 2.75) is 13.8 Å². The van der Waals surface area contributed by atoms with Crippen LogP contribution in [-0.4, -0.2) is 18.9 Å². The first kappa shape index (κ1) is 9.88. The van der Waals surface area contributed by atoms with Crippen LogP contribution in [0.2, 0.25) is 0 Å².